The maximum Gasteiger partial charge on any atom is 0.323 e. The fourth-order valence-corrected chi connectivity index (χ4v) is 2.66. The van der Waals surface area contributed by atoms with E-state index in [1.807, 2.05) is 43.0 Å². The van der Waals surface area contributed by atoms with Crippen molar-refractivity contribution in [1.29, 1.82) is 0 Å². The van der Waals surface area contributed by atoms with E-state index < -0.39 is 0 Å². The predicted molar refractivity (Wildman–Crippen MR) is 111 cm³/mol. The highest BCUT2D eigenvalue weighted by atomic mass is 16.2. The highest BCUT2D eigenvalue weighted by Gasteiger charge is 2.15. The van der Waals surface area contributed by atoms with Gasteiger partial charge in [-0.1, -0.05) is 37.6 Å². The van der Waals surface area contributed by atoms with Crippen LogP contribution in [0.5, 0.6) is 0 Å². The average Bonchev–Trinajstić information content (AvgIpc) is 2.64. The SMILES string of the molecule is CCN(CCC(C)C)C(=O)c1cccc(NC(=O)Nc2ccc(C)cc2)c1. The minimum Gasteiger partial charge on any atom is -0.339 e. The van der Waals surface area contributed by atoms with Gasteiger partial charge in [0.15, 0.2) is 0 Å². The van der Waals surface area contributed by atoms with Gasteiger partial charge in [-0.25, -0.2) is 4.79 Å². The molecule has 0 aliphatic heterocycles. The third-order valence-corrected chi connectivity index (χ3v) is 4.32. The first-order valence-corrected chi connectivity index (χ1v) is 9.43. The number of hydrogen-bond donors (Lipinski definition) is 2. The van der Waals surface area contributed by atoms with Gasteiger partial charge in [0.2, 0.25) is 0 Å². The number of benzene rings is 2. The van der Waals surface area contributed by atoms with Crippen molar-refractivity contribution in [3.05, 3.63) is 59.7 Å². The van der Waals surface area contributed by atoms with Gasteiger partial charge in [0.25, 0.3) is 5.91 Å². The van der Waals surface area contributed by atoms with Crippen LogP contribution in [0.4, 0.5) is 16.2 Å². The molecule has 2 aromatic rings. The van der Waals surface area contributed by atoms with Crippen molar-refractivity contribution in [1.82, 2.24) is 4.90 Å². The van der Waals surface area contributed by atoms with E-state index in [1.54, 1.807) is 24.3 Å². The Bertz CT molecular complexity index is 769. The molecule has 0 spiro atoms. The van der Waals surface area contributed by atoms with Crippen LogP contribution in [0.25, 0.3) is 0 Å². The summed E-state index contributed by atoms with van der Waals surface area (Å²) in [6.45, 7) is 9.67. The molecular formula is C22H29N3O2. The summed E-state index contributed by atoms with van der Waals surface area (Å²) in [5.74, 6) is 0.533. The lowest BCUT2D eigenvalue weighted by Crippen LogP contribution is -2.32. The number of hydrogen-bond acceptors (Lipinski definition) is 2. The molecule has 0 aliphatic carbocycles. The molecule has 144 valence electrons. The van der Waals surface area contributed by atoms with Crippen molar-refractivity contribution < 1.29 is 9.59 Å². The lowest BCUT2D eigenvalue weighted by atomic mass is 10.1. The van der Waals surface area contributed by atoms with Gasteiger partial charge in [0.1, 0.15) is 0 Å². The maximum atomic E-state index is 12.7. The summed E-state index contributed by atoms with van der Waals surface area (Å²) >= 11 is 0. The normalized spacial score (nSPS) is 10.6. The first-order chi connectivity index (χ1) is 12.9. The zero-order chi connectivity index (χ0) is 19.8. The van der Waals surface area contributed by atoms with Crippen molar-refractivity contribution in [3.63, 3.8) is 0 Å². The molecule has 0 saturated heterocycles. The van der Waals surface area contributed by atoms with Crippen LogP contribution in [0.2, 0.25) is 0 Å². The molecule has 0 fully saturated rings. The molecule has 2 rings (SSSR count). The van der Waals surface area contributed by atoms with Gasteiger partial charge in [0.05, 0.1) is 0 Å². The summed E-state index contributed by atoms with van der Waals surface area (Å²) in [5, 5.41) is 5.57. The van der Waals surface area contributed by atoms with Crippen LogP contribution in [0, 0.1) is 12.8 Å². The number of nitrogens with zero attached hydrogens (tertiary/aromatic N) is 1. The molecule has 0 bridgehead atoms. The number of urea groups is 1. The van der Waals surface area contributed by atoms with Gasteiger partial charge in [-0.3, -0.25) is 4.79 Å². The number of aryl methyl sites for hydroxylation is 1. The topological polar surface area (TPSA) is 61.4 Å². The molecule has 0 saturated carbocycles. The maximum absolute atomic E-state index is 12.7. The third kappa shape index (κ3) is 6.44. The molecular weight excluding hydrogens is 338 g/mol. The summed E-state index contributed by atoms with van der Waals surface area (Å²) in [6, 6.07) is 14.3. The number of rotatable bonds is 7. The van der Waals surface area contributed by atoms with E-state index in [2.05, 4.69) is 24.5 Å². The van der Waals surface area contributed by atoms with E-state index in [4.69, 9.17) is 0 Å². The van der Waals surface area contributed by atoms with Gasteiger partial charge < -0.3 is 15.5 Å². The van der Waals surface area contributed by atoms with Crippen LogP contribution < -0.4 is 10.6 Å². The predicted octanol–water partition coefficient (Wildman–Crippen LogP) is 5.15. The largest absolute Gasteiger partial charge is 0.339 e. The molecule has 0 heterocycles. The van der Waals surface area contributed by atoms with Crippen LogP contribution >= 0.6 is 0 Å². The van der Waals surface area contributed by atoms with E-state index in [0.717, 1.165) is 24.2 Å². The van der Waals surface area contributed by atoms with E-state index in [0.29, 0.717) is 23.7 Å². The van der Waals surface area contributed by atoms with Crippen molar-refractivity contribution in [2.45, 2.75) is 34.1 Å². The second-order valence-corrected chi connectivity index (χ2v) is 7.09. The van der Waals surface area contributed by atoms with Gasteiger partial charge >= 0.3 is 6.03 Å². The zero-order valence-corrected chi connectivity index (χ0v) is 16.6. The van der Waals surface area contributed by atoms with Crippen LogP contribution in [0.15, 0.2) is 48.5 Å². The monoisotopic (exact) mass is 367 g/mol. The van der Waals surface area contributed by atoms with E-state index >= 15 is 0 Å². The highest BCUT2D eigenvalue weighted by molar-refractivity contribution is 6.01. The molecule has 3 amide bonds. The van der Waals surface area contributed by atoms with Crippen molar-refractivity contribution in [2.24, 2.45) is 5.92 Å². The Labute approximate surface area is 161 Å². The fourth-order valence-electron chi connectivity index (χ4n) is 2.66. The second-order valence-electron chi connectivity index (χ2n) is 7.09. The lowest BCUT2D eigenvalue weighted by Gasteiger charge is -2.22. The average molecular weight is 367 g/mol. The second kappa shape index (κ2) is 9.76. The Kier molecular flexibility index (Phi) is 7.41. The molecule has 0 aliphatic rings. The standard InChI is InChI=1S/C22H29N3O2/c1-5-25(14-13-16(2)3)21(26)18-7-6-8-20(15-18)24-22(27)23-19-11-9-17(4)10-12-19/h6-12,15-16H,5,13-14H2,1-4H3,(H2,23,24,27). The number of nitrogens with one attached hydrogen (secondary N) is 2. The summed E-state index contributed by atoms with van der Waals surface area (Å²) < 4.78 is 0. The highest BCUT2D eigenvalue weighted by Crippen LogP contribution is 2.15. The molecule has 0 aromatic heterocycles. The number of amides is 3. The van der Waals surface area contributed by atoms with Gasteiger partial charge in [0, 0.05) is 30.0 Å². The van der Waals surface area contributed by atoms with Crippen LogP contribution in [-0.4, -0.2) is 29.9 Å². The Morgan fingerprint density at radius 3 is 2.30 bits per heavy atom. The molecule has 5 heteroatoms. The van der Waals surface area contributed by atoms with Crippen LogP contribution in [0.3, 0.4) is 0 Å². The van der Waals surface area contributed by atoms with Crippen LogP contribution in [0.1, 0.15) is 43.1 Å². The summed E-state index contributed by atoms with van der Waals surface area (Å²) in [6.07, 6.45) is 0.969. The van der Waals surface area contributed by atoms with Gasteiger partial charge in [-0.05, 0) is 56.5 Å². The Balaban J connectivity index is 2.02. The zero-order valence-electron chi connectivity index (χ0n) is 16.6. The lowest BCUT2D eigenvalue weighted by molar-refractivity contribution is 0.0757. The molecule has 2 N–H and O–H groups in total. The number of carbonyl (C=O) groups is 2. The third-order valence-electron chi connectivity index (χ3n) is 4.32. The molecule has 0 atom stereocenters. The van der Waals surface area contributed by atoms with Gasteiger partial charge in [-0.2, -0.15) is 0 Å². The fraction of sp³-hybridized carbons (Fsp3) is 0.364. The molecule has 5 nitrogen and oxygen atoms in total. The number of carbonyl (C=O) groups excluding carboxylic acids is 2. The quantitative estimate of drug-likeness (QED) is 0.711. The summed E-state index contributed by atoms with van der Waals surface area (Å²) in [7, 11) is 0. The van der Waals surface area contributed by atoms with Crippen LogP contribution in [-0.2, 0) is 0 Å². The minimum atomic E-state index is -0.337. The first-order valence-electron chi connectivity index (χ1n) is 9.43. The van der Waals surface area contributed by atoms with Crippen molar-refractivity contribution in [3.8, 4) is 0 Å². The Morgan fingerprint density at radius 1 is 1.00 bits per heavy atom. The number of anilines is 2. The van der Waals surface area contributed by atoms with Crippen molar-refractivity contribution >= 4 is 23.3 Å². The Morgan fingerprint density at radius 2 is 1.67 bits per heavy atom. The minimum absolute atomic E-state index is 0.0132. The summed E-state index contributed by atoms with van der Waals surface area (Å²) in [4.78, 5) is 26.8. The van der Waals surface area contributed by atoms with E-state index in [9.17, 15) is 9.59 Å². The smallest absolute Gasteiger partial charge is 0.323 e. The Hall–Kier alpha value is -2.82. The van der Waals surface area contributed by atoms with Gasteiger partial charge in [-0.15, -0.1) is 0 Å². The first kappa shape index (κ1) is 20.5. The molecule has 2 aromatic carbocycles. The van der Waals surface area contributed by atoms with E-state index in [1.165, 1.54) is 0 Å². The van der Waals surface area contributed by atoms with Crippen molar-refractivity contribution in [2.75, 3.05) is 23.7 Å². The molecule has 0 unspecified atom stereocenters. The molecule has 27 heavy (non-hydrogen) atoms. The summed E-state index contributed by atoms with van der Waals surface area (Å²) in [5.41, 5.74) is 3.01. The van der Waals surface area contributed by atoms with E-state index in [-0.39, 0.29) is 11.9 Å². The molecule has 0 radical (unpaired) electrons.